The maximum absolute atomic E-state index is 12.1. The molecule has 4 aromatic carbocycles. The van der Waals surface area contributed by atoms with Gasteiger partial charge in [-0.3, -0.25) is 40.5 Å². The fourth-order valence-electron chi connectivity index (χ4n) is 5.28. The fraction of sp³-hybridized carbons (Fsp3) is 0. The van der Waals surface area contributed by atoms with Crippen molar-refractivity contribution in [2.45, 2.75) is 0 Å². The quantitative estimate of drug-likeness (QED) is 0.133. The van der Waals surface area contributed by atoms with Crippen LogP contribution in [0.4, 0.5) is 22.7 Å². The van der Waals surface area contributed by atoms with Gasteiger partial charge in [-0.2, -0.15) is 0 Å². The van der Waals surface area contributed by atoms with Crippen molar-refractivity contribution in [3.8, 4) is 11.1 Å². The van der Waals surface area contributed by atoms with Crippen LogP contribution < -0.4 is 0 Å². The zero-order valence-corrected chi connectivity index (χ0v) is 22.9. The SMILES string of the molecule is O=[N+]([O-])c1cc2c(c([N+](=O)[O-])c1)-c1c(cc([N+](=O)[O-])cc1[N+](=O)[O-])C2=CC=C1C=C(c2ccccc2)OC(c2ccccc2)=C1. The van der Waals surface area contributed by atoms with Gasteiger partial charge in [-0.05, 0) is 23.3 Å². The second-order valence-corrected chi connectivity index (χ2v) is 9.90. The van der Waals surface area contributed by atoms with Gasteiger partial charge in [0.05, 0.1) is 43.0 Å². The van der Waals surface area contributed by atoms with Crippen LogP contribution >= 0.6 is 0 Å². The summed E-state index contributed by atoms with van der Waals surface area (Å²) in [6.45, 7) is 0. The average Bonchev–Trinajstić information content (AvgIpc) is 3.36. The Bertz CT molecular complexity index is 1940. The largest absolute Gasteiger partial charge is 0.456 e. The third kappa shape index (κ3) is 5.21. The molecule has 6 rings (SSSR count). The molecule has 2 aliphatic rings. The number of rotatable bonds is 7. The highest BCUT2D eigenvalue weighted by Crippen LogP contribution is 2.54. The van der Waals surface area contributed by atoms with Gasteiger partial charge in [-0.25, -0.2) is 0 Å². The molecule has 1 heterocycles. The molecule has 0 N–H and O–H groups in total. The molecule has 0 atom stereocenters. The lowest BCUT2D eigenvalue weighted by molar-refractivity contribution is -0.395. The maximum Gasteiger partial charge on any atom is 0.284 e. The van der Waals surface area contributed by atoms with Crippen molar-refractivity contribution in [2.75, 3.05) is 0 Å². The van der Waals surface area contributed by atoms with Crippen molar-refractivity contribution in [2.24, 2.45) is 0 Å². The summed E-state index contributed by atoms with van der Waals surface area (Å²) in [6, 6.07) is 22.1. The lowest BCUT2D eigenvalue weighted by atomic mass is 10.00. The number of ether oxygens (including phenoxy) is 1. The van der Waals surface area contributed by atoms with Crippen molar-refractivity contribution >= 4 is 39.8 Å². The van der Waals surface area contributed by atoms with E-state index in [1.807, 2.05) is 60.7 Å². The summed E-state index contributed by atoms with van der Waals surface area (Å²) in [4.78, 5) is 44.3. The molecule has 0 saturated carbocycles. The van der Waals surface area contributed by atoms with Gasteiger partial charge in [-0.1, -0.05) is 72.8 Å². The second kappa shape index (κ2) is 11.1. The molecule has 0 aromatic heterocycles. The lowest BCUT2D eigenvalue weighted by Crippen LogP contribution is -1.99. The first kappa shape index (κ1) is 28.4. The predicted octanol–water partition coefficient (Wildman–Crippen LogP) is 7.77. The van der Waals surface area contributed by atoms with Crippen LogP contribution in [-0.4, -0.2) is 19.7 Å². The Labute approximate surface area is 252 Å². The fourth-order valence-corrected chi connectivity index (χ4v) is 5.28. The van der Waals surface area contributed by atoms with Crippen LogP contribution in [0.1, 0.15) is 22.3 Å². The van der Waals surface area contributed by atoms with Crippen molar-refractivity contribution in [1.82, 2.24) is 0 Å². The standard InChI is InChI=1S/C32H18N4O9/c37-33(38)22-15-25-24(26-16-23(34(39)40)18-28(36(43)44)32(26)31(25)27(17-22)35(41)42)12-11-19-13-29(20-7-3-1-4-8-20)45-30(14-19)21-9-5-2-6-10-21/h1-18H. The van der Waals surface area contributed by atoms with E-state index in [1.54, 1.807) is 18.2 Å². The summed E-state index contributed by atoms with van der Waals surface area (Å²) >= 11 is 0. The highest BCUT2D eigenvalue weighted by Gasteiger charge is 2.40. The van der Waals surface area contributed by atoms with Crippen LogP contribution in [0.5, 0.6) is 0 Å². The number of nitro groups is 4. The predicted molar refractivity (Wildman–Crippen MR) is 164 cm³/mol. The van der Waals surface area contributed by atoms with Crippen molar-refractivity contribution in [1.29, 1.82) is 0 Å². The van der Waals surface area contributed by atoms with Crippen LogP contribution in [0.25, 0.3) is 28.2 Å². The average molecular weight is 603 g/mol. The Balaban J connectivity index is 1.63. The molecular formula is C32H18N4O9. The van der Waals surface area contributed by atoms with Gasteiger partial charge in [-0.15, -0.1) is 0 Å². The van der Waals surface area contributed by atoms with E-state index >= 15 is 0 Å². The minimum Gasteiger partial charge on any atom is -0.456 e. The number of hydrogen-bond donors (Lipinski definition) is 0. The number of allylic oxidation sites excluding steroid dienone is 5. The normalized spacial score (nSPS) is 13.1. The van der Waals surface area contributed by atoms with E-state index in [4.69, 9.17) is 4.74 Å². The molecule has 4 aromatic rings. The first-order valence-corrected chi connectivity index (χ1v) is 13.2. The molecule has 1 aliphatic heterocycles. The minimum absolute atomic E-state index is 0.0436. The van der Waals surface area contributed by atoms with E-state index < -0.39 is 42.4 Å². The van der Waals surface area contributed by atoms with E-state index in [9.17, 15) is 40.5 Å². The van der Waals surface area contributed by atoms with E-state index in [2.05, 4.69) is 0 Å². The van der Waals surface area contributed by atoms with Crippen molar-refractivity contribution in [3.63, 3.8) is 0 Å². The van der Waals surface area contributed by atoms with Gasteiger partial charge >= 0.3 is 0 Å². The van der Waals surface area contributed by atoms with Crippen molar-refractivity contribution < 1.29 is 24.4 Å². The number of fused-ring (bicyclic) bond motifs is 3. The van der Waals surface area contributed by atoms with Crippen molar-refractivity contribution in [3.05, 3.63) is 178 Å². The minimum atomic E-state index is -0.871. The summed E-state index contributed by atoms with van der Waals surface area (Å²) in [7, 11) is 0. The molecule has 0 radical (unpaired) electrons. The van der Waals surface area contributed by atoms with Crippen LogP contribution in [0.15, 0.2) is 115 Å². The highest BCUT2D eigenvalue weighted by molar-refractivity contribution is 6.08. The number of nitrogens with zero attached hydrogens (tertiary/aromatic N) is 4. The number of non-ortho nitro benzene ring substituents is 2. The first-order valence-electron chi connectivity index (χ1n) is 13.2. The molecule has 0 fully saturated rings. The third-order valence-corrected chi connectivity index (χ3v) is 7.22. The molecule has 0 spiro atoms. The zero-order chi connectivity index (χ0) is 31.8. The molecule has 0 amide bonds. The van der Waals surface area contributed by atoms with Gasteiger partial charge in [0, 0.05) is 34.4 Å². The molecule has 1 aliphatic carbocycles. The maximum atomic E-state index is 12.1. The summed E-state index contributed by atoms with van der Waals surface area (Å²) in [5.41, 5.74) is -1.05. The van der Waals surface area contributed by atoms with E-state index in [-0.39, 0.29) is 27.8 Å². The molecule has 13 nitrogen and oxygen atoms in total. The van der Waals surface area contributed by atoms with Gasteiger partial charge < -0.3 is 4.74 Å². The van der Waals surface area contributed by atoms with Crippen LogP contribution in [0.3, 0.4) is 0 Å². The Hall–Kier alpha value is -6.76. The smallest absolute Gasteiger partial charge is 0.284 e. The topological polar surface area (TPSA) is 182 Å². The summed E-state index contributed by atoms with van der Waals surface area (Å²) in [5, 5.41) is 47.7. The van der Waals surface area contributed by atoms with Gasteiger partial charge in [0.2, 0.25) is 0 Å². The van der Waals surface area contributed by atoms with Gasteiger partial charge in [0.1, 0.15) is 11.5 Å². The Morgan fingerprint density at radius 2 is 0.956 bits per heavy atom. The van der Waals surface area contributed by atoms with E-state index in [1.165, 1.54) is 6.08 Å². The second-order valence-electron chi connectivity index (χ2n) is 9.90. The van der Waals surface area contributed by atoms with Gasteiger partial charge in [0.15, 0.2) is 0 Å². The van der Waals surface area contributed by atoms with Crippen LogP contribution in [0.2, 0.25) is 0 Å². The van der Waals surface area contributed by atoms with E-state index in [0.717, 1.165) is 35.4 Å². The molecular weight excluding hydrogens is 584 g/mol. The zero-order valence-electron chi connectivity index (χ0n) is 22.9. The summed E-state index contributed by atoms with van der Waals surface area (Å²) < 4.78 is 6.20. The molecule has 13 heteroatoms. The third-order valence-electron chi connectivity index (χ3n) is 7.22. The van der Waals surface area contributed by atoms with Gasteiger partial charge in [0.25, 0.3) is 22.7 Å². The monoisotopic (exact) mass is 602 g/mol. The Kier molecular flexibility index (Phi) is 7.03. The number of hydrogen-bond acceptors (Lipinski definition) is 9. The first-order chi connectivity index (χ1) is 21.6. The molecule has 45 heavy (non-hydrogen) atoms. The Morgan fingerprint density at radius 3 is 1.33 bits per heavy atom. The number of nitro benzene ring substituents is 4. The highest BCUT2D eigenvalue weighted by atomic mass is 16.6. The molecule has 0 unspecified atom stereocenters. The summed E-state index contributed by atoms with van der Waals surface area (Å²) in [6.07, 6.45) is 6.56. The van der Waals surface area contributed by atoms with E-state index in [0.29, 0.717) is 17.1 Å². The Morgan fingerprint density at radius 1 is 0.533 bits per heavy atom. The number of benzene rings is 4. The molecule has 220 valence electrons. The van der Waals surface area contributed by atoms with Crippen LogP contribution in [0, 0.1) is 40.5 Å². The molecule has 0 bridgehead atoms. The summed E-state index contributed by atoms with van der Waals surface area (Å²) in [5.74, 6) is 1.01. The van der Waals surface area contributed by atoms with Crippen LogP contribution in [-0.2, 0) is 4.74 Å². The lowest BCUT2D eigenvalue weighted by Gasteiger charge is -2.19. The molecule has 0 saturated heterocycles.